The number of nitrogens with one attached hydrogen (secondary N) is 1. The predicted molar refractivity (Wildman–Crippen MR) is 118 cm³/mol. The van der Waals surface area contributed by atoms with E-state index in [2.05, 4.69) is 5.32 Å². The number of hydrogen-bond acceptors (Lipinski definition) is 5. The molecule has 1 atom stereocenters. The number of esters is 1. The van der Waals surface area contributed by atoms with Crippen molar-refractivity contribution in [2.75, 3.05) is 0 Å². The third kappa shape index (κ3) is 6.70. The molecule has 0 fully saturated rings. The van der Waals surface area contributed by atoms with Crippen molar-refractivity contribution in [1.82, 2.24) is 5.32 Å². The summed E-state index contributed by atoms with van der Waals surface area (Å²) < 4.78 is 10.7. The number of carboxylic acids is 1. The van der Waals surface area contributed by atoms with Crippen molar-refractivity contribution in [1.29, 1.82) is 0 Å². The van der Waals surface area contributed by atoms with Crippen LogP contribution in [0.1, 0.15) is 28.4 Å². The van der Waals surface area contributed by atoms with Crippen molar-refractivity contribution in [3.8, 4) is 11.5 Å². The van der Waals surface area contributed by atoms with E-state index in [1.807, 2.05) is 30.3 Å². The maximum Gasteiger partial charge on any atom is 0.326 e. The SMILES string of the molecule is CC(=O)Oc1ccc(C(=O)N[C@H](Cc2cccc(OCc3ccccc3)c2)C(=O)O)cc1. The van der Waals surface area contributed by atoms with Crippen LogP contribution >= 0.6 is 0 Å². The molecule has 7 nitrogen and oxygen atoms in total. The van der Waals surface area contributed by atoms with Crippen LogP contribution in [0.3, 0.4) is 0 Å². The Balaban J connectivity index is 1.63. The summed E-state index contributed by atoms with van der Waals surface area (Å²) in [7, 11) is 0. The third-order valence-corrected chi connectivity index (χ3v) is 4.57. The highest BCUT2D eigenvalue weighted by molar-refractivity contribution is 5.96. The van der Waals surface area contributed by atoms with Crippen molar-refractivity contribution >= 4 is 17.8 Å². The molecule has 0 bridgehead atoms. The second-order valence-electron chi connectivity index (χ2n) is 7.11. The number of rotatable bonds is 9. The van der Waals surface area contributed by atoms with Gasteiger partial charge < -0.3 is 19.9 Å². The van der Waals surface area contributed by atoms with Gasteiger partial charge in [0.05, 0.1) is 0 Å². The summed E-state index contributed by atoms with van der Waals surface area (Å²) >= 11 is 0. The molecule has 164 valence electrons. The number of carbonyl (C=O) groups is 3. The highest BCUT2D eigenvalue weighted by Gasteiger charge is 2.21. The number of carboxylic acid groups (broad SMARTS) is 1. The Morgan fingerprint density at radius 1 is 0.875 bits per heavy atom. The molecule has 0 aliphatic heterocycles. The first kappa shape index (κ1) is 22.6. The van der Waals surface area contributed by atoms with Crippen LogP contribution in [-0.2, 0) is 22.6 Å². The Morgan fingerprint density at radius 2 is 1.56 bits per heavy atom. The number of hydrogen-bond donors (Lipinski definition) is 2. The van der Waals surface area contributed by atoms with Gasteiger partial charge in [0.15, 0.2) is 0 Å². The third-order valence-electron chi connectivity index (χ3n) is 4.57. The van der Waals surface area contributed by atoms with Crippen molar-refractivity contribution in [3.63, 3.8) is 0 Å². The zero-order valence-corrected chi connectivity index (χ0v) is 17.5. The lowest BCUT2D eigenvalue weighted by atomic mass is 10.0. The molecule has 0 heterocycles. The molecule has 0 saturated carbocycles. The lowest BCUT2D eigenvalue weighted by Gasteiger charge is -2.16. The Labute approximate surface area is 185 Å². The average molecular weight is 433 g/mol. The second-order valence-corrected chi connectivity index (χ2v) is 7.11. The lowest BCUT2D eigenvalue weighted by Crippen LogP contribution is -2.42. The van der Waals surface area contributed by atoms with E-state index in [1.54, 1.807) is 24.3 Å². The summed E-state index contributed by atoms with van der Waals surface area (Å²) in [4.78, 5) is 35.2. The molecule has 0 radical (unpaired) electrons. The average Bonchev–Trinajstić information content (AvgIpc) is 2.78. The number of amides is 1. The number of carbonyl (C=O) groups excluding carboxylic acids is 2. The minimum absolute atomic E-state index is 0.0924. The van der Waals surface area contributed by atoms with Crippen LogP contribution in [0.15, 0.2) is 78.9 Å². The zero-order valence-electron chi connectivity index (χ0n) is 17.5. The molecular formula is C25H23NO6. The summed E-state index contributed by atoms with van der Waals surface area (Å²) in [5, 5.41) is 12.1. The lowest BCUT2D eigenvalue weighted by molar-refractivity contribution is -0.139. The van der Waals surface area contributed by atoms with Gasteiger partial charge in [0.25, 0.3) is 5.91 Å². The molecule has 0 aliphatic carbocycles. The van der Waals surface area contributed by atoms with Crippen LogP contribution in [0.5, 0.6) is 11.5 Å². The van der Waals surface area contributed by atoms with Crippen molar-refractivity contribution in [2.24, 2.45) is 0 Å². The minimum atomic E-state index is -1.15. The molecule has 0 aliphatic rings. The van der Waals surface area contributed by atoms with Gasteiger partial charge in [-0.15, -0.1) is 0 Å². The Hall–Kier alpha value is -4.13. The van der Waals surface area contributed by atoms with E-state index in [-0.39, 0.29) is 12.0 Å². The number of aliphatic carboxylic acids is 1. The topological polar surface area (TPSA) is 102 Å². The summed E-state index contributed by atoms with van der Waals surface area (Å²) in [6.07, 6.45) is 0.0924. The van der Waals surface area contributed by atoms with Crippen LogP contribution in [0, 0.1) is 0 Å². The van der Waals surface area contributed by atoms with Crippen LogP contribution in [0.2, 0.25) is 0 Å². The molecule has 0 saturated heterocycles. The van der Waals surface area contributed by atoms with Gasteiger partial charge in [0.2, 0.25) is 0 Å². The maximum atomic E-state index is 12.5. The fourth-order valence-corrected chi connectivity index (χ4v) is 3.02. The van der Waals surface area contributed by atoms with Gasteiger partial charge in [-0.2, -0.15) is 0 Å². The van der Waals surface area contributed by atoms with Crippen LogP contribution in [-0.4, -0.2) is 29.0 Å². The smallest absolute Gasteiger partial charge is 0.326 e. The molecule has 0 aromatic heterocycles. The number of ether oxygens (including phenoxy) is 2. The first-order chi connectivity index (χ1) is 15.4. The fourth-order valence-electron chi connectivity index (χ4n) is 3.02. The number of benzene rings is 3. The van der Waals surface area contributed by atoms with Gasteiger partial charge >= 0.3 is 11.9 Å². The van der Waals surface area contributed by atoms with Gasteiger partial charge in [-0.3, -0.25) is 9.59 Å². The van der Waals surface area contributed by atoms with Gasteiger partial charge in [-0.25, -0.2) is 4.79 Å². The second kappa shape index (κ2) is 10.8. The van der Waals surface area contributed by atoms with E-state index >= 15 is 0 Å². The van der Waals surface area contributed by atoms with Gasteiger partial charge in [-0.1, -0.05) is 42.5 Å². The van der Waals surface area contributed by atoms with E-state index in [0.717, 1.165) is 5.56 Å². The van der Waals surface area contributed by atoms with E-state index in [4.69, 9.17) is 9.47 Å². The summed E-state index contributed by atoms with van der Waals surface area (Å²) in [6.45, 7) is 1.67. The Kier molecular flexibility index (Phi) is 7.59. The van der Waals surface area contributed by atoms with Gasteiger partial charge in [0.1, 0.15) is 24.1 Å². The molecule has 3 aromatic rings. The first-order valence-corrected chi connectivity index (χ1v) is 9.98. The monoisotopic (exact) mass is 433 g/mol. The normalized spacial score (nSPS) is 11.3. The van der Waals surface area contributed by atoms with Gasteiger partial charge in [-0.05, 0) is 47.5 Å². The summed E-state index contributed by atoms with van der Waals surface area (Å²) in [6, 6.07) is 21.6. The van der Waals surface area contributed by atoms with E-state index in [0.29, 0.717) is 23.7 Å². The van der Waals surface area contributed by atoms with E-state index < -0.39 is 23.9 Å². The highest BCUT2D eigenvalue weighted by atomic mass is 16.5. The largest absolute Gasteiger partial charge is 0.489 e. The van der Waals surface area contributed by atoms with E-state index in [1.165, 1.54) is 31.2 Å². The van der Waals surface area contributed by atoms with Crippen LogP contribution in [0.4, 0.5) is 0 Å². The predicted octanol–water partition coefficient (Wildman–Crippen LogP) is 3.62. The molecule has 3 aromatic carbocycles. The molecule has 0 unspecified atom stereocenters. The van der Waals surface area contributed by atoms with Crippen molar-refractivity contribution < 1.29 is 29.0 Å². The summed E-state index contributed by atoms with van der Waals surface area (Å²) in [5.74, 6) is -1.24. The highest BCUT2D eigenvalue weighted by Crippen LogP contribution is 2.17. The molecular weight excluding hydrogens is 410 g/mol. The van der Waals surface area contributed by atoms with Gasteiger partial charge in [0, 0.05) is 18.9 Å². The molecule has 2 N–H and O–H groups in total. The van der Waals surface area contributed by atoms with Crippen LogP contribution < -0.4 is 14.8 Å². The van der Waals surface area contributed by atoms with Crippen molar-refractivity contribution in [2.45, 2.75) is 26.0 Å². The molecule has 0 spiro atoms. The standard InChI is InChI=1S/C25H23NO6/c1-17(27)32-21-12-10-20(11-13-21)24(28)26-23(25(29)30)15-19-8-5-9-22(14-19)31-16-18-6-3-2-4-7-18/h2-14,23H,15-16H2,1H3,(H,26,28)(H,29,30)/t23-/m1/s1. The zero-order chi connectivity index (χ0) is 22.9. The Bertz CT molecular complexity index is 1080. The first-order valence-electron chi connectivity index (χ1n) is 9.98. The van der Waals surface area contributed by atoms with E-state index in [9.17, 15) is 19.5 Å². The van der Waals surface area contributed by atoms with Crippen LogP contribution in [0.25, 0.3) is 0 Å². The maximum absolute atomic E-state index is 12.5. The fraction of sp³-hybridized carbons (Fsp3) is 0.160. The molecule has 3 rings (SSSR count). The minimum Gasteiger partial charge on any atom is -0.489 e. The Morgan fingerprint density at radius 3 is 2.22 bits per heavy atom. The van der Waals surface area contributed by atoms with Crippen molar-refractivity contribution in [3.05, 3.63) is 95.6 Å². The summed E-state index contributed by atoms with van der Waals surface area (Å²) in [5.41, 5.74) is 1.99. The molecule has 7 heteroatoms. The molecule has 32 heavy (non-hydrogen) atoms. The quantitative estimate of drug-likeness (QED) is 0.395. The molecule has 1 amide bonds.